The van der Waals surface area contributed by atoms with Crippen LogP contribution in [0.2, 0.25) is 0 Å². The van der Waals surface area contributed by atoms with Gasteiger partial charge in [0.15, 0.2) is 0 Å². The van der Waals surface area contributed by atoms with Gasteiger partial charge in [-0.2, -0.15) is 0 Å². The van der Waals surface area contributed by atoms with Gasteiger partial charge in [0.25, 0.3) is 0 Å². The average molecular weight is 259 g/mol. The third-order valence-corrected chi connectivity index (χ3v) is 3.80. The molecule has 1 N–H and O–H groups in total. The number of fused-ring (bicyclic) bond motifs is 1. The van der Waals surface area contributed by atoms with Gasteiger partial charge in [0.1, 0.15) is 0 Å². The van der Waals surface area contributed by atoms with E-state index in [1.807, 2.05) is 17.0 Å². The highest BCUT2D eigenvalue weighted by Gasteiger charge is 2.22. The Hall–Kier alpha value is -2.04. The van der Waals surface area contributed by atoms with Crippen LogP contribution in [0.15, 0.2) is 18.2 Å². The van der Waals surface area contributed by atoms with Crippen LogP contribution in [-0.2, 0) is 16.0 Å². The number of hydrogen-bond acceptors (Lipinski definition) is 3. The molecule has 1 fully saturated rings. The largest absolute Gasteiger partial charge is 0.368 e. The molecule has 0 unspecified atom stereocenters. The van der Waals surface area contributed by atoms with E-state index in [1.165, 1.54) is 0 Å². The van der Waals surface area contributed by atoms with Crippen LogP contribution in [0, 0.1) is 0 Å². The molecule has 0 bridgehead atoms. The van der Waals surface area contributed by atoms with Crippen LogP contribution in [0.4, 0.5) is 11.4 Å². The zero-order valence-corrected chi connectivity index (χ0v) is 11.0. The van der Waals surface area contributed by atoms with Gasteiger partial charge in [-0.3, -0.25) is 9.59 Å². The van der Waals surface area contributed by atoms with Gasteiger partial charge in [0.2, 0.25) is 11.8 Å². The van der Waals surface area contributed by atoms with E-state index in [4.69, 9.17) is 0 Å². The molecule has 0 atom stereocenters. The first-order valence-electron chi connectivity index (χ1n) is 6.57. The number of anilines is 2. The standard InChI is InChI=1S/C14H17N3O2/c1-10(18)16-4-6-17(7-5-16)12-2-3-13-11(8-12)9-14(19)15-13/h2-3,8H,4-7,9H2,1H3,(H,15,19). The number of benzene rings is 1. The second-order valence-electron chi connectivity index (χ2n) is 5.06. The molecule has 1 aromatic rings. The minimum absolute atomic E-state index is 0.0635. The van der Waals surface area contributed by atoms with E-state index in [0.717, 1.165) is 43.1 Å². The molecule has 5 heteroatoms. The summed E-state index contributed by atoms with van der Waals surface area (Å²) in [6.45, 7) is 4.84. The molecule has 0 spiro atoms. The lowest BCUT2D eigenvalue weighted by Gasteiger charge is -2.35. The molecule has 0 aromatic heterocycles. The minimum atomic E-state index is 0.0635. The van der Waals surface area contributed by atoms with Gasteiger partial charge in [0, 0.05) is 44.5 Å². The first-order valence-corrected chi connectivity index (χ1v) is 6.57. The van der Waals surface area contributed by atoms with Gasteiger partial charge in [-0.25, -0.2) is 0 Å². The molecule has 3 rings (SSSR count). The molecular formula is C14H17N3O2. The molecule has 2 heterocycles. The lowest BCUT2D eigenvalue weighted by molar-refractivity contribution is -0.129. The van der Waals surface area contributed by atoms with E-state index in [2.05, 4.69) is 16.3 Å². The minimum Gasteiger partial charge on any atom is -0.368 e. The Balaban J connectivity index is 1.73. The summed E-state index contributed by atoms with van der Waals surface area (Å²) in [5.41, 5.74) is 3.13. The van der Waals surface area contributed by atoms with E-state index in [-0.39, 0.29) is 11.8 Å². The Kier molecular flexibility index (Phi) is 2.89. The van der Waals surface area contributed by atoms with Crippen LogP contribution in [0.3, 0.4) is 0 Å². The fraction of sp³-hybridized carbons (Fsp3) is 0.429. The first-order chi connectivity index (χ1) is 9.13. The maximum Gasteiger partial charge on any atom is 0.228 e. The van der Waals surface area contributed by atoms with Crippen LogP contribution in [-0.4, -0.2) is 42.9 Å². The predicted molar refractivity (Wildman–Crippen MR) is 73.2 cm³/mol. The summed E-state index contributed by atoms with van der Waals surface area (Å²) in [4.78, 5) is 26.8. The molecular weight excluding hydrogens is 242 g/mol. The topological polar surface area (TPSA) is 52.7 Å². The fourth-order valence-electron chi connectivity index (χ4n) is 2.69. The van der Waals surface area contributed by atoms with Crippen molar-refractivity contribution in [1.82, 2.24) is 4.90 Å². The number of nitrogens with one attached hydrogen (secondary N) is 1. The fourth-order valence-corrected chi connectivity index (χ4v) is 2.69. The van der Waals surface area contributed by atoms with Crippen LogP contribution in [0.1, 0.15) is 12.5 Å². The zero-order valence-electron chi connectivity index (χ0n) is 11.0. The molecule has 2 aliphatic heterocycles. The number of rotatable bonds is 1. The summed E-state index contributed by atoms with van der Waals surface area (Å²) in [7, 11) is 0. The van der Waals surface area contributed by atoms with Gasteiger partial charge in [-0.1, -0.05) is 0 Å². The second-order valence-corrected chi connectivity index (χ2v) is 5.06. The van der Waals surface area contributed by atoms with Gasteiger partial charge in [-0.05, 0) is 23.8 Å². The second kappa shape index (κ2) is 4.57. The lowest BCUT2D eigenvalue weighted by Crippen LogP contribution is -2.48. The third-order valence-electron chi connectivity index (χ3n) is 3.80. The first kappa shape index (κ1) is 12.0. The summed E-state index contributed by atoms with van der Waals surface area (Å²) in [6.07, 6.45) is 0.469. The van der Waals surface area contributed by atoms with E-state index in [1.54, 1.807) is 6.92 Å². The predicted octanol–water partition coefficient (Wildman–Crippen LogP) is 0.850. The van der Waals surface area contributed by atoms with Crippen molar-refractivity contribution >= 4 is 23.2 Å². The van der Waals surface area contributed by atoms with Crippen LogP contribution >= 0.6 is 0 Å². The highest BCUT2D eigenvalue weighted by Crippen LogP contribution is 2.28. The lowest BCUT2D eigenvalue weighted by atomic mass is 10.1. The van der Waals surface area contributed by atoms with Gasteiger partial charge < -0.3 is 15.1 Å². The number of piperazine rings is 1. The summed E-state index contributed by atoms with van der Waals surface area (Å²) in [5, 5.41) is 2.84. The number of nitrogens with zero attached hydrogens (tertiary/aromatic N) is 2. The number of hydrogen-bond donors (Lipinski definition) is 1. The maximum atomic E-state index is 11.3. The summed E-state index contributed by atoms with van der Waals surface area (Å²) < 4.78 is 0. The quantitative estimate of drug-likeness (QED) is 0.813. The molecule has 19 heavy (non-hydrogen) atoms. The summed E-state index contributed by atoms with van der Waals surface area (Å²) in [6, 6.07) is 6.08. The molecule has 100 valence electrons. The Bertz CT molecular complexity index is 533. The molecule has 2 amide bonds. The van der Waals surface area contributed by atoms with Crippen molar-refractivity contribution in [3.05, 3.63) is 23.8 Å². The number of amides is 2. The van der Waals surface area contributed by atoms with Crippen molar-refractivity contribution in [2.45, 2.75) is 13.3 Å². The van der Waals surface area contributed by atoms with E-state index in [0.29, 0.717) is 6.42 Å². The Labute approximate surface area is 112 Å². The van der Waals surface area contributed by atoms with Crippen molar-refractivity contribution in [2.24, 2.45) is 0 Å². The van der Waals surface area contributed by atoms with Crippen molar-refractivity contribution < 1.29 is 9.59 Å². The molecule has 0 radical (unpaired) electrons. The normalized spacial score (nSPS) is 18.3. The molecule has 1 aromatic carbocycles. The molecule has 5 nitrogen and oxygen atoms in total. The Morgan fingerprint density at radius 3 is 2.63 bits per heavy atom. The Morgan fingerprint density at radius 2 is 1.95 bits per heavy atom. The van der Waals surface area contributed by atoms with Crippen LogP contribution in [0.5, 0.6) is 0 Å². The van der Waals surface area contributed by atoms with Crippen molar-refractivity contribution in [2.75, 3.05) is 36.4 Å². The number of carbonyl (C=O) groups is 2. The maximum absolute atomic E-state index is 11.3. The third kappa shape index (κ3) is 2.28. The van der Waals surface area contributed by atoms with Crippen molar-refractivity contribution in [1.29, 1.82) is 0 Å². The van der Waals surface area contributed by atoms with Gasteiger partial charge in [0.05, 0.1) is 6.42 Å². The molecule has 1 saturated heterocycles. The highest BCUT2D eigenvalue weighted by molar-refractivity contribution is 5.99. The van der Waals surface area contributed by atoms with Crippen molar-refractivity contribution in [3.8, 4) is 0 Å². The highest BCUT2D eigenvalue weighted by atomic mass is 16.2. The smallest absolute Gasteiger partial charge is 0.228 e. The Morgan fingerprint density at radius 1 is 1.21 bits per heavy atom. The molecule has 0 aliphatic carbocycles. The van der Waals surface area contributed by atoms with E-state index < -0.39 is 0 Å². The summed E-state index contributed by atoms with van der Waals surface area (Å²) in [5.74, 6) is 0.206. The van der Waals surface area contributed by atoms with Gasteiger partial charge >= 0.3 is 0 Å². The monoisotopic (exact) mass is 259 g/mol. The molecule has 0 saturated carbocycles. The van der Waals surface area contributed by atoms with Crippen molar-refractivity contribution in [3.63, 3.8) is 0 Å². The average Bonchev–Trinajstić information content (AvgIpc) is 2.77. The summed E-state index contributed by atoms with van der Waals surface area (Å²) >= 11 is 0. The van der Waals surface area contributed by atoms with Crippen LogP contribution in [0.25, 0.3) is 0 Å². The van der Waals surface area contributed by atoms with Crippen LogP contribution < -0.4 is 10.2 Å². The zero-order chi connectivity index (χ0) is 13.4. The van der Waals surface area contributed by atoms with E-state index in [9.17, 15) is 9.59 Å². The van der Waals surface area contributed by atoms with E-state index >= 15 is 0 Å². The SMILES string of the molecule is CC(=O)N1CCN(c2ccc3c(c2)CC(=O)N3)CC1. The molecule has 2 aliphatic rings. The number of carbonyl (C=O) groups excluding carboxylic acids is 2. The van der Waals surface area contributed by atoms with Gasteiger partial charge in [-0.15, -0.1) is 0 Å².